The number of ether oxygens (including phenoxy) is 1. The van der Waals surface area contributed by atoms with Crippen molar-refractivity contribution < 1.29 is 9.53 Å². The highest BCUT2D eigenvalue weighted by Gasteiger charge is 2.12. The molecule has 104 valence electrons. The fraction of sp³-hybridized carbons (Fsp3) is 0.188. The second-order valence-corrected chi connectivity index (χ2v) is 5.37. The molecule has 0 aliphatic heterocycles. The molecule has 4 heteroatoms. The zero-order valence-electron chi connectivity index (χ0n) is 11.2. The Morgan fingerprint density at radius 3 is 2.60 bits per heavy atom. The third-order valence-corrected chi connectivity index (χ3v) is 3.76. The first-order chi connectivity index (χ1) is 9.49. The lowest BCUT2D eigenvalue weighted by Gasteiger charge is -2.10. The number of carbonyl (C=O) groups excluding carboxylic acids is 1. The van der Waals surface area contributed by atoms with Crippen LogP contribution in [-0.2, 0) is 0 Å². The van der Waals surface area contributed by atoms with E-state index in [-0.39, 0.29) is 12.4 Å². The van der Waals surface area contributed by atoms with E-state index in [1.807, 2.05) is 32.0 Å². The Bertz CT molecular complexity index is 651. The maximum Gasteiger partial charge on any atom is 0.200 e. The van der Waals surface area contributed by atoms with Crippen molar-refractivity contribution in [1.82, 2.24) is 0 Å². The highest BCUT2D eigenvalue weighted by molar-refractivity contribution is 6.42. The molecule has 0 aliphatic carbocycles. The van der Waals surface area contributed by atoms with Crippen LogP contribution in [0.3, 0.4) is 0 Å². The Labute approximate surface area is 128 Å². The number of rotatable bonds is 4. The van der Waals surface area contributed by atoms with Gasteiger partial charge >= 0.3 is 0 Å². The lowest BCUT2D eigenvalue weighted by molar-refractivity contribution is 0.0921. The number of benzene rings is 2. The van der Waals surface area contributed by atoms with Crippen molar-refractivity contribution in [3.05, 3.63) is 63.1 Å². The summed E-state index contributed by atoms with van der Waals surface area (Å²) in [6, 6.07) is 10.8. The predicted molar refractivity (Wildman–Crippen MR) is 82.2 cm³/mol. The van der Waals surface area contributed by atoms with Crippen molar-refractivity contribution in [2.45, 2.75) is 13.8 Å². The molecular formula is C16H14Cl2O2. The van der Waals surface area contributed by atoms with Gasteiger partial charge < -0.3 is 4.74 Å². The maximum absolute atomic E-state index is 12.1. The normalized spacial score (nSPS) is 10.4. The number of hydrogen-bond acceptors (Lipinski definition) is 2. The highest BCUT2D eigenvalue weighted by atomic mass is 35.5. The van der Waals surface area contributed by atoms with Crippen LogP contribution < -0.4 is 4.74 Å². The topological polar surface area (TPSA) is 26.3 Å². The molecule has 0 fully saturated rings. The van der Waals surface area contributed by atoms with Crippen molar-refractivity contribution in [3.8, 4) is 5.75 Å². The van der Waals surface area contributed by atoms with Gasteiger partial charge in [-0.05, 0) is 31.5 Å². The van der Waals surface area contributed by atoms with Crippen molar-refractivity contribution >= 4 is 29.0 Å². The number of carbonyl (C=O) groups is 1. The van der Waals surface area contributed by atoms with Crippen LogP contribution in [0.15, 0.2) is 36.4 Å². The van der Waals surface area contributed by atoms with E-state index in [2.05, 4.69) is 0 Å². The molecule has 0 aliphatic rings. The largest absolute Gasteiger partial charge is 0.484 e. The minimum Gasteiger partial charge on any atom is -0.484 e. The van der Waals surface area contributed by atoms with Gasteiger partial charge in [0, 0.05) is 5.56 Å². The molecule has 20 heavy (non-hydrogen) atoms. The smallest absolute Gasteiger partial charge is 0.200 e. The number of Topliss-reactive ketones (excluding diaryl/α,β-unsaturated/α-hetero) is 1. The molecule has 0 unspecified atom stereocenters. The Kier molecular flexibility index (Phi) is 4.69. The summed E-state index contributed by atoms with van der Waals surface area (Å²) in [5, 5.41) is 0.728. The van der Waals surface area contributed by atoms with Gasteiger partial charge in [0.25, 0.3) is 0 Å². The maximum atomic E-state index is 12.1. The van der Waals surface area contributed by atoms with Crippen LogP contribution in [0.2, 0.25) is 10.0 Å². The fourth-order valence-electron chi connectivity index (χ4n) is 1.94. The summed E-state index contributed by atoms with van der Waals surface area (Å²) in [6.07, 6.45) is 0. The molecule has 0 radical (unpaired) electrons. The summed E-state index contributed by atoms with van der Waals surface area (Å²) in [7, 11) is 0. The molecule has 0 bridgehead atoms. The molecule has 2 nitrogen and oxygen atoms in total. The van der Waals surface area contributed by atoms with Crippen molar-refractivity contribution in [2.24, 2.45) is 0 Å². The van der Waals surface area contributed by atoms with Crippen LogP contribution in [-0.4, -0.2) is 12.4 Å². The average molecular weight is 309 g/mol. The van der Waals surface area contributed by atoms with Crippen LogP contribution in [0.25, 0.3) is 0 Å². The molecule has 2 aromatic carbocycles. The van der Waals surface area contributed by atoms with Crippen LogP contribution >= 0.6 is 23.2 Å². The van der Waals surface area contributed by atoms with Crippen LogP contribution in [0.4, 0.5) is 0 Å². The third kappa shape index (κ3) is 3.33. The van der Waals surface area contributed by atoms with E-state index in [9.17, 15) is 4.79 Å². The Morgan fingerprint density at radius 2 is 1.90 bits per heavy atom. The Hall–Kier alpha value is -1.51. The van der Waals surface area contributed by atoms with E-state index in [4.69, 9.17) is 27.9 Å². The number of hydrogen-bond donors (Lipinski definition) is 0. The van der Waals surface area contributed by atoms with Gasteiger partial charge in [0.1, 0.15) is 10.8 Å². The Balaban J connectivity index is 2.11. The summed E-state index contributed by atoms with van der Waals surface area (Å²) < 4.78 is 5.45. The summed E-state index contributed by atoms with van der Waals surface area (Å²) >= 11 is 11.9. The molecule has 0 heterocycles. The van der Waals surface area contributed by atoms with Crippen molar-refractivity contribution in [2.75, 3.05) is 6.61 Å². The summed E-state index contributed by atoms with van der Waals surface area (Å²) in [6.45, 7) is 3.83. The van der Waals surface area contributed by atoms with E-state index >= 15 is 0 Å². The first kappa shape index (κ1) is 14.9. The lowest BCUT2D eigenvalue weighted by atomic mass is 10.0. The second kappa shape index (κ2) is 6.29. The van der Waals surface area contributed by atoms with Gasteiger partial charge in [-0.3, -0.25) is 4.79 Å². The number of halogens is 2. The first-order valence-electron chi connectivity index (χ1n) is 6.16. The molecule has 0 saturated carbocycles. The summed E-state index contributed by atoms with van der Waals surface area (Å²) in [5.74, 6) is 0.329. The first-order valence-corrected chi connectivity index (χ1v) is 6.92. The number of aryl methyl sites for hydroxylation is 2. The van der Waals surface area contributed by atoms with Gasteiger partial charge in [-0.15, -0.1) is 0 Å². The lowest BCUT2D eigenvalue weighted by Crippen LogP contribution is -2.13. The molecule has 0 spiro atoms. The van der Waals surface area contributed by atoms with Crippen molar-refractivity contribution in [1.29, 1.82) is 0 Å². The van der Waals surface area contributed by atoms with Gasteiger partial charge in [-0.1, -0.05) is 53.0 Å². The molecule has 0 saturated heterocycles. The van der Waals surface area contributed by atoms with E-state index < -0.39 is 0 Å². The molecule has 0 atom stereocenters. The van der Waals surface area contributed by atoms with E-state index in [0.29, 0.717) is 21.4 Å². The average Bonchev–Trinajstić information content (AvgIpc) is 2.40. The zero-order chi connectivity index (χ0) is 14.7. The van der Waals surface area contributed by atoms with Crippen LogP contribution in [0.1, 0.15) is 21.5 Å². The monoisotopic (exact) mass is 308 g/mol. The third-order valence-electron chi connectivity index (χ3n) is 2.96. The molecular weight excluding hydrogens is 295 g/mol. The highest BCUT2D eigenvalue weighted by Crippen LogP contribution is 2.31. The van der Waals surface area contributed by atoms with E-state index in [0.717, 1.165) is 11.1 Å². The van der Waals surface area contributed by atoms with Gasteiger partial charge in [-0.2, -0.15) is 0 Å². The van der Waals surface area contributed by atoms with Gasteiger partial charge in [0.15, 0.2) is 12.4 Å². The van der Waals surface area contributed by atoms with E-state index in [1.165, 1.54) is 0 Å². The summed E-state index contributed by atoms with van der Waals surface area (Å²) in [4.78, 5) is 12.1. The standard InChI is InChI=1S/C16H14Cl2O2/c1-10-6-7-12(11(2)8-10)14(19)9-20-15-5-3-4-13(17)16(15)18/h3-8H,9H2,1-2H3. The van der Waals surface area contributed by atoms with Gasteiger partial charge in [-0.25, -0.2) is 0 Å². The molecule has 2 aromatic rings. The van der Waals surface area contributed by atoms with Crippen LogP contribution in [0.5, 0.6) is 5.75 Å². The van der Waals surface area contributed by atoms with E-state index in [1.54, 1.807) is 18.2 Å². The van der Waals surface area contributed by atoms with Gasteiger partial charge in [0.2, 0.25) is 0 Å². The summed E-state index contributed by atoms with van der Waals surface area (Å²) in [5.41, 5.74) is 2.72. The molecule has 0 amide bonds. The minimum absolute atomic E-state index is 0.0655. The molecule has 0 N–H and O–H groups in total. The second-order valence-electron chi connectivity index (χ2n) is 4.58. The van der Waals surface area contributed by atoms with Crippen LogP contribution in [0, 0.1) is 13.8 Å². The Morgan fingerprint density at radius 1 is 1.15 bits per heavy atom. The van der Waals surface area contributed by atoms with Crippen molar-refractivity contribution in [3.63, 3.8) is 0 Å². The minimum atomic E-state index is -0.0847. The zero-order valence-corrected chi connectivity index (χ0v) is 12.8. The van der Waals surface area contributed by atoms with Gasteiger partial charge in [0.05, 0.1) is 5.02 Å². The molecule has 2 rings (SSSR count). The number of ketones is 1. The SMILES string of the molecule is Cc1ccc(C(=O)COc2cccc(Cl)c2Cl)c(C)c1. The fourth-order valence-corrected chi connectivity index (χ4v) is 2.29. The molecule has 0 aromatic heterocycles. The predicted octanol–water partition coefficient (Wildman–Crippen LogP) is 4.87. The quantitative estimate of drug-likeness (QED) is 0.753.